The molecule has 0 amide bonds. The maximum absolute atomic E-state index is 12.9. The molecule has 0 saturated heterocycles. The van der Waals surface area contributed by atoms with E-state index in [1.54, 1.807) is 12.5 Å². The van der Waals surface area contributed by atoms with Gasteiger partial charge in [-0.15, -0.1) is 0 Å². The predicted molar refractivity (Wildman–Crippen MR) is 136 cm³/mol. The molecule has 9 heteroatoms. The fourth-order valence-corrected chi connectivity index (χ4v) is 4.22. The number of pyridine rings is 1. The highest BCUT2D eigenvalue weighted by Crippen LogP contribution is 2.39. The zero-order chi connectivity index (χ0) is 26.4. The zero-order valence-corrected chi connectivity index (χ0v) is 20.7. The van der Waals surface area contributed by atoms with E-state index in [-0.39, 0.29) is 6.10 Å². The summed E-state index contributed by atoms with van der Waals surface area (Å²) in [5.41, 5.74) is 9.59. The molecule has 0 fully saturated rings. The molecule has 2 N–H and O–H groups in total. The molecule has 4 aromatic rings. The third-order valence-corrected chi connectivity index (χ3v) is 6.09. The predicted octanol–water partition coefficient (Wildman–Crippen LogP) is 5.16. The largest absolute Gasteiger partial charge is 0.482 e. The number of ether oxygens (including phenoxy) is 1. The SMILES string of the molecule is CN1CC(c2ccc(C(F)(F)F)cc2)Oc2ccc(Cn3cnc4cc(C#CC(C)(C)N)cnc43)cc21. The standard InChI is InChI=1S/C28H26F3N5O/c1-27(2,32)11-10-18-12-22-26(33-14-18)36(17-34-22)15-19-4-9-24-23(13-19)35(3)16-25(37-24)20-5-7-21(8-6-20)28(29,30)31/h4-9,12-14,17,25H,15-16,32H2,1-3H3. The van der Waals surface area contributed by atoms with Gasteiger partial charge >= 0.3 is 6.18 Å². The van der Waals surface area contributed by atoms with Crippen LogP contribution < -0.4 is 15.4 Å². The molecule has 0 aliphatic carbocycles. The normalized spacial score (nSPS) is 15.6. The van der Waals surface area contributed by atoms with Crippen LogP contribution in [0.4, 0.5) is 18.9 Å². The number of imidazole rings is 1. The van der Waals surface area contributed by atoms with E-state index in [9.17, 15) is 13.2 Å². The number of nitrogens with two attached hydrogens (primary N) is 1. The third kappa shape index (κ3) is 5.39. The molecular weight excluding hydrogens is 479 g/mol. The van der Waals surface area contributed by atoms with E-state index >= 15 is 0 Å². The Morgan fingerprint density at radius 3 is 2.54 bits per heavy atom. The molecule has 0 saturated carbocycles. The van der Waals surface area contributed by atoms with Gasteiger partial charge in [-0.2, -0.15) is 13.2 Å². The quantitative estimate of drug-likeness (QED) is 0.390. The highest BCUT2D eigenvalue weighted by Gasteiger charge is 2.31. The Morgan fingerprint density at radius 1 is 1.08 bits per heavy atom. The smallest absolute Gasteiger partial charge is 0.416 e. The van der Waals surface area contributed by atoms with Gasteiger partial charge in [-0.25, -0.2) is 9.97 Å². The lowest BCUT2D eigenvalue weighted by atomic mass is 10.0. The summed E-state index contributed by atoms with van der Waals surface area (Å²) in [6, 6.07) is 13.0. The number of hydrogen-bond donors (Lipinski definition) is 1. The van der Waals surface area contributed by atoms with Crippen LogP contribution in [-0.2, 0) is 12.7 Å². The van der Waals surface area contributed by atoms with Crippen LogP contribution in [0.15, 0.2) is 61.1 Å². The molecule has 190 valence electrons. The van der Waals surface area contributed by atoms with Crippen LogP contribution in [0.3, 0.4) is 0 Å². The number of benzene rings is 2. The number of aromatic nitrogens is 3. The van der Waals surface area contributed by atoms with Crippen LogP contribution in [0.1, 0.15) is 42.2 Å². The van der Waals surface area contributed by atoms with Crippen LogP contribution in [0, 0.1) is 11.8 Å². The molecule has 37 heavy (non-hydrogen) atoms. The van der Waals surface area contributed by atoms with E-state index in [0.717, 1.165) is 40.1 Å². The Kier molecular flexibility index (Phi) is 6.08. The lowest BCUT2D eigenvalue weighted by Gasteiger charge is -2.34. The average molecular weight is 506 g/mol. The summed E-state index contributed by atoms with van der Waals surface area (Å²) in [5.74, 6) is 6.72. The van der Waals surface area contributed by atoms with E-state index in [4.69, 9.17) is 10.5 Å². The van der Waals surface area contributed by atoms with Gasteiger partial charge in [0.15, 0.2) is 5.65 Å². The van der Waals surface area contributed by atoms with Crippen LogP contribution in [0.2, 0.25) is 0 Å². The van der Waals surface area contributed by atoms with Gasteiger partial charge in [0.25, 0.3) is 0 Å². The van der Waals surface area contributed by atoms with Crippen molar-refractivity contribution in [2.24, 2.45) is 5.73 Å². The van der Waals surface area contributed by atoms with Crippen molar-refractivity contribution in [3.8, 4) is 17.6 Å². The lowest BCUT2D eigenvalue weighted by molar-refractivity contribution is -0.137. The minimum absolute atomic E-state index is 0.366. The second-order valence-electron chi connectivity index (χ2n) is 9.82. The molecule has 3 heterocycles. The summed E-state index contributed by atoms with van der Waals surface area (Å²) >= 11 is 0. The van der Waals surface area contributed by atoms with Crippen molar-refractivity contribution in [2.75, 3.05) is 18.5 Å². The van der Waals surface area contributed by atoms with Crippen molar-refractivity contribution in [3.05, 3.63) is 83.3 Å². The Hall–Kier alpha value is -4.03. The van der Waals surface area contributed by atoms with Crippen LogP contribution >= 0.6 is 0 Å². The van der Waals surface area contributed by atoms with Crippen LogP contribution in [-0.4, -0.2) is 33.7 Å². The zero-order valence-electron chi connectivity index (χ0n) is 20.7. The monoisotopic (exact) mass is 505 g/mol. The summed E-state index contributed by atoms with van der Waals surface area (Å²) in [6.07, 6.45) is -1.26. The Bertz CT molecular complexity index is 1510. The van der Waals surface area contributed by atoms with E-state index in [2.05, 4.69) is 26.7 Å². The summed E-state index contributed by atoms with van der Waals surface area (Å²) in [7, 11) is 1.95. The van der Waals surface area contributed by atoms with Crippen molar-refractivity contribution in [2.45, 2.75) is 38.2 Å². The summed E-state index contributed by atoms with van der Waals surface area (Å²) in [6.45, 7) is 4.77. The Morgan fingerprint density at radius 2 is 1.84 bits per heavy atom. The van der Waals surface area contributed by atoms with Gasteiger partial charge in [-0.05, 0) is 55.3 Å². The molecule has 1 atom stereocenters. The second kappa shape index (κ2) is 9.12. The first-order valence-corrected chi connectivity index (χ1v) is 11.8. The molecule has 0 spiro atoms. The van der Waals surface area contributed by atoms with Crippen LogP contribution in [0.25, 0.3) is 11.2 Å². The van der Waals surface area contributed by atoms with Crippen molar-refractivity contribution < 1.29 is 17.9 Å². The van der Waals surface area contributed by atoms with Gasteiger partial charge < -0.3 is 19.9 Å². The van der Waals surface area contributed by atoms with Crippen molar-refractivity contribution >= 4 is 16.9 Å². The van der Waals surface area contributed by atoms with Crippen molar-refractivity contribution in [1.29, 1.82) is 0 Å². The van der Waals surface area contributed by atoms with Crippen molar-refractivity contribution in [3.63, 3.8) is 0 Å². The van der Waals surface area contributed by atoms with E-state index < -0.39 is 17.3 Å². The minimum Gasteiger partial charge on any atom is -0.482 e. The topological polar surface area (TPSA) is 69.2 Å². The molecule has 5 rings (SSSR count). The summed E-state index contributed by atoms with van der Waals surface area (Å²) in [5, 5.41) is 0. The molecule has 1 aliphatic rings. The molecule has 2 aromatic heterocycles. The average Bonchev–Trinajstić information content (AvgIpc) is 3.24. The number of anilines is 1. The Balaban J connectivity index is 1.34. The maximum atomic E-state index is 12.9. The number of fused-ring (bicyclic) bond motifs is 2. The lowest BCUT2D eigenvalue weighted by Crippen LogP contribution is -2.32. The number of halogens is 3. The molecule has 6 nitrogen and oxygen atoms in total. The van der Waals surface area contributed by atoms with E-state index in [0.29, 0.717) is 24.4 Å². The van der Waals surface area contributed by atoms with E-state index in [1.807, 2.05) is 49.7 Å². The Labute approximate surface area is 212 Å². The van der Waals surface area contributed by atoms with Gasteiger partial charge in [-0.1, -0.05) is 30.0 Å². The van der Waals surface area contributed by atoms with Gasteiger partial charge in [-0.3, -0.25) is 0 Å². The molecule has 1 aliphatic heterocycles. The highest BCUT2D eigenvalue weighted by molar-refractivity contribution is 5.72. The van der Waals surface area contributed by atoms with Crippen molar-refractivity contribution in [1.82, 2.24) is 14.5 Å². The fraction of sp³-hybridized carbons (Fsp3) is 0.286. The molecule has 0 radical (unpaired) electrons. The first-order chi connectivity index (χ1) is 17.5. The number of likely N-dealkylation sites (N-methyl/N-ethyl adjacent to an activating group) is 1. The maximum Gasteiger partial charge on any atom is 0.416 e. The molecule has 1 unspecified atom stereocenters. The number of nitrogens with zero attached hydrogens (tertiary/aromatic N) is 4. The summed E-state index contributed by atoms with van der Waals surface area (Å²) < 4.78 is 46.9. The minimum atomic E-state index is -4.36. The van der Waals surface area contributed by atoms with Crippen LogP contribution in [0.5, 0.6) is 5.75 Å². The molecule has 0 bridgehead atoms. The van der Waals surface area contributed by atoms with Gasteiger partial charge in [0.2, 0.25) is 0 Å². The molecular formula is C28H26F3N5O. The first kappa shape index (κ1) is 24.7. The second-order valence-corrected chi connectivity index (χ2v) is 9.82. The summed E-state index contributed by atoms with van der Waals surface area (Å²) in [4.78, 5) is 11.1. The number of hydrogen-bond acceptors (Lipinski definition) is 5. The first-order valence-electron chi connectivity index (χ1n) is 11.8. The molecule has 2 aromatic carbocycles. The van der Waals surface area contributed by atoms with Gasteiger partial charge in [0.1, 0.15) is 17.4 Å². The number of rotatable bonds is 3. The van der Waals surface area contributed by atoms with Gasteiger partial charge in [0.05, 0.1) is 36.2 Å². The van der Waals surface area contributed by atoms with E-state index in [1.165, 1.54) is 12.1 Å². The fourth-order valence-electron chi connectivity index (χ4n) is 4.22. The third-order valence-electron chi connectivity index (χ3n) is 6.09. The van der Waals surface area contributed by atoms with Gasteiger partial charge in [0, 0.05) is 18.8 Å². The number of alkyl halides is 3. The highest BCUT2D eigenvalue weighted by atomic mass is 19.4.